The Labute approximate surface area is 204 Å². The van der Waals surface area contributed by atoms with Crippen molar-refractivity contribution in [1.29, 1.82) is 0 Å². The van der Waals surface area contributed by atoms with Gasteiger partial charge in [-0.3, -0.25) is 14.3 Å². The molecule has 1 aliphatic rings. The smallest absolute Gasteiger partial charge is 0.295 e. The van der Waals surface area contributed by atoms with Crippen molar-refractivity contribution < 1.29 is 18.7 Å². The van der Waals surface area contributed by atoms with Gasteiger partial charge >= 0.3 is 0 Å². The van der Waals surface area contributed by atoms with Crippen molar-refractivity contribution in [2.75, 3.05) is 11.9 Å². The van der Waals surface area contributed by atoms with Crippen LogP contribution in [0.2, 0.25) is 0 Å². The molecule has 2 atom stereocenters. The van der Waals surface area contributed by atoms with Gasteiger partial charge in [0.05, 0.1) is 16.6 Å². The van der Waals surface area contributed by atoms with E-state index in [4.69, 9.17) is 13.9 Å². The molecule has 3 heterocycles. The maximum Gasteiger partial charge on any atom is 0.295 e. The van der Waals surface area contributed by atoms with Gasteiger partial charge in [-0.1, -0.05) is 42.1 Å². The summed E-state index contributed by atoms with van der Waals surface area (Å²) >= 11 is 1.10. The highest BCUT2D eigenvalue weighted by molar-refractivity contribution is 8.00. The van der Waals surface area contributed by atoms with E-state index in [2.05, 4.69) is 15.5 Å². The van der Waals surface area contributed by atoms with Crippen LogP contribution in [0.4, 0.5) is 5.69 Å². The van der Waals surface area contributed by atoms with Crippen LogP contribution in [0.1, 0.15) is 24.6 Å². The highest BCUT2D eigenvalue weighted by Gasteiger charge is 2.29. The monoisotopic (exact) mass is 493 g/mol. The zero-order chi connectivity index (χ0) is 24.5. The van der Waals surface area contributed by atoms with Crippen molar-refractivity contribution in [2.45, 2.75) is 30.4 Å². The van der Waals surface area contributed by atoms with Crippen molar-refractivity contribution >= 4 is 23.4 Å². The Morgan fingerprint density at radius 1 is 1.11 bits per heavy atom. The van der Waals surface area contributed by atoms with E-state index in [1.54, 1.807) is 31.6 Å². The third-order valence-corrected chi connectivity index (χ3v) is 6.59. The van der Waals surface area contributed by atoms with Crippen LogP contribution in [-0.2, 0) is 11.8 Å². The molecule has 0 bridgehead atoms. The lowest BCUT2D eigenvalue weighted by Gasteiger charge is -2.23. The second-order valence-electron chi connectivity index (χ2n) is 7.96. The maximum absolute atomic E-state index is 13.0. The molecule has 11 heteroatoms. The number of hydrogen-bond acceptors (Lipinski definition) is 8. The minimum Gasteiger partial charge on any atom is -0.485 e. The van der Waals surface area contributed by atoms with Crippen LogP contribution in [0.3, 0.4) is 0 Å². The minimum atomic E-state index is -0.600. The number of nitrogens with zero attached hydrogens (tertiary/aromatic N) is 4. The summed E-state index contributed by atoms with van der Waals surface area (Å²) < 4.78 is 20.5. The Morgan fingerprint density at radius 3 is 2.60 bits per heavy atom. The molecular weight excluding hydrogens is 470 g/mol. The van der Waals surface area contributed by atoms with Crippen molar-refractivity contribution in [3.63, 3.8) is 0 Å². The van der Waals surface area contributed by atoms with Crippen molar-refractivity contribution in [1.82, 2.24) is 19.6 Å². The summed E-state index contributed by atoms with van der Waals surface area (Å²) in [5.74, 6) is 1.17. The average Bonchev–Trinajstić information content (AvgIpc) is 3.42. The SMILES string of the molecule is Cc1c(NC(=O)[C@H](C)Sc2nnc([C@H]3COc4ccccc4O3)o2)c(=O)n(-c2ccccc2)n1C. The Morgan fingerprint density at radius 2 is 1.83 bits per heavy atom. The predicted octanol–water partition coefficient (Wildman–Crippen LogP) is 3.50. The van der Waals surface area contributed by atoms with Crippen LogP contribution in [0, 0.1) is 6.92 Å². The fourth-order valence-electron chi connectivity index (χ4n) is 3.68. The van der Waals surface area contributed by atoms with E-state index in [0.717, 1.165) is 11.8 Å². The number of rotatable bonds is 6. The minimum absolute atomic E-state index is 0.219. The summed E-state index contributed by atoms with van der Waals surface area (Å²) in [6.45, 7) is 3.72. The number of benzene rings is 2. The van der Waals surface area contributed by atoms with Gasteiger partial charge in [-0.25, -0.2) is 4.68 Å². The molecule has 2 aromatic heterocycles. The highest BCUT2D eigenvalue weighted by Crippen LogP contribution is 2.36. The van der Waals surface area contributed by atoms with Crippen LogP contribution >= 0.6 is 11.8 Å². The number of aromatic nitrogens is 4. The molecule has 0 saturated heterocycles. The molecule has 1 amide bonds. The van der Waals surface area contributed by atoms with Crippen LogP contribution < -0.4 is 20.3 Å². The number of amides is 1. The normalized spacial score (nSPS) is 15.6. The summed E-state index contributed by atoms with van der Waals surface area (Å²) in [5, 5.41) is 10.5. The Balaban J connectivity index is 1.27. The van der Waals surface area contributed by atoms with E-state index in [1.807, 2.05) is 48.5 Å². The average molecular weight is 494 g/mol. The lowest BCUT2D eigenvalue weighted by molar-refractivity contribution is -0.115. The largest absolute Gasteiger partial charge is 0.485 e. The molecule has 4 aromatic rings. The Bertz CT molecular complexity index is 1430. The molecule has 0 fully saturated rings. The van der Waals surface area contributed by atoms with Crippen molar-refractivity contribution in [3.8, 4) is 17.2 Å². The first kappa shape index (κ1) is 22.8. The Hall–Kier alpha value is -3.99. The summed E-state index contributed by atoms with van der Waals surface area (Å²) in [4.78, 5) is 25.9. The van der Waals surface area contributed by atoms with Gasteiger partial charge in [-0.05, 0) is 38.1 Å². The van der Waals surface area contributed by atoms with Gasteiger partial charge in [-0.2, -0.15) is 0 Å². The van der Waals surface area contributed by atoms with E-state index in [0.29, 0.717) is 22.9 Å². The van der Waals surface area contributed by atoms with E-state index in [9.17, 15) is 9.59 Å². The zero-order valence-corrected chi connectivity index (χ0v) is 20.1. The second kappa shape index (κ2) is 9.34. The number of hydrogen-bond donors (Lipinski definition) is 1. The Kier molecular flexibility index (Phi) is 6.08. The predicted molar refractivity (Wildman–Crippen MR) is 129 cm³/mol. The molecule has 1 N–H and O–H groups in total. The van der Waals surface area contributed by atoms with Gasteiger partial charge in [0.15, 0.2) is 11.5 Å². The number of ether oxygens (including phenoxy) is 2. The molecule has 5 rings (SSSR count). The van der Waals surface area contributed by atoms with Gasteiger partial charge < -0.3 is 19.2 Å². The fourth-order valence-corrected chi connectivity index (χ4v) is 4.37. The van der Waals surface area contributed by atoms with E-state index < -0.39 is 11.4 Å². The van der Waals surface area contributed by atoms with E-state index in [-0.39, 0.29) is 34.9 Å². The molecule has 0 spiro atoms. The van der Waals surface area contributed by atoms with Gasteiger partial charge in [0.25, 0.3) is 16.7 Å². The molecule has 0 saturated carbocycles. The molecule has 0 radical (unpaired) electrons. The van der Waals surface area contributed by atoms with Gasteiger partial charge in [0, 0.05) is 7.05 Å². The molecular formula is C24H23N5O5S. The fraction of sp³-hybridized carbons (Fsp3) is 0.250. The number of nitrogens with one attached hydrogen (secondary N) is 1. The van der Waals surface area contributed by atoms with Crippen LogP contribution in [-0.4, -0.2) is 37.3 Å². The van der Waals surface area contributed by atoms with Crippen LogP contribution in [0.5, 0.6) is 11.5 Å². The zero-order valence-electron chi connectivity index (χ0n) is 19.3. The molecule has 180 valence electrons. The third kappa shape index (κ3) is 4.42. The van der Waals surface area contributed by atoms with E-state index >= 15 is 0 Å². The molecule has 10 nitrogen and oxygen atoms in total. The first-order valence-electron chi connectivity index (χ1n) is 11.0. The number of carbonyl (C=O) groups is 1. The van der Waals surface area contributed by atoms with Crippen molar-refractivity contribution in [2.24, 2.45) is 7.05 Å². The topological polar surface area (TPSA) is 113 Å². The second-order valence-corrected chi connectivity index (χ2v) is 9.25. The number of para-hydroxylation sites is 3. The number of thioether (sulfide) groups is 1. The molecule has 0 unspecified atom stereocenters. The molecule has 35 heavy (non-hydrogen) atoms. The van der Waals surface area contributed by atoms with Crippen molar-refractivity contribution in [3.05, 3.63) is 76.5 Å². The lowest BCUT2D eigenvalue weighted by atomic mass is 10.2. The van der Waals surface area contributed by atoms with E-state index in [1.165, 1.54) is 4.68 Å². The van der Waals surface area contributed by atoms with Gasteiger partial charge in [0.1, 0.15) is 12.3 Å². The number of anilines is 1. The lowest BCUT2D eigenvalue weighted by Crippen LogP contribution is -2.27. The number of carbonyl (C=O) groups excluding carboxylic acids is 1. The first-order valence-corrected chi connectivity index (χ1v) is 11.8. The standard InChI is InChI=1S/C24H23N5O5S/c1-14-20(23(31)29(28(14)3)16-9-5-4-6-10-16)25-21(30)15(2)35-24-27-26-22(34-24)19-13-32-17-11-7-8-12-18(17)33-19/h4-12,15,19H,13H2,1-3H3,(H,25,30)/t15-,19+/m0/s1. The summed E-state index contributed by atoms with van der Waals surface area (Å²) in [6.07, 6.45) is -0.542. The quantitative estimate of drug-likeness (QED) is 0.406. The summed E-state index contributed by atoms with van der Waals surface area (Å²) in [5.41, 5.74) is 1.27. The summed E-state index contributed by atoms with van der Waals surface area (Å²) in [6, 6.07) is 16.6. The number of fused-ring (bicyclic) bond motifs is 1. The van der Waals surface area contributed by atoms with Crippen LogP contribution in [0.25, 0.3) is 5.69 Å². The van der Waals surface area contributed by atoms with Crippen LogP contribution in [0.15, 0.2) is 69.0 Å². The molecule has 2 aromatic carbocycles. The first-order chi connectivity index (χ1) is 16.9. The van der Waals surface area contributed by atoms with Gasteiger partial charge in [0.2, 0.25) is 12.0 Å². The highest BCUT2D eigenvalue weighted by atomic mass is 32.2. The molecule has 0 aliphatic carbocycles. The summed E-state index contributed by atoms with van der Waals surface area (Å²) in [7, 11) is 1.77. The maximum atomic E-state index is 13.0. The molecule has 1 aliphatic heterocycles. The van der Waals surface area contributed by atoms with Gasteiger partial charge in [-0.15, -0.1) is 10.2 Å². The third-order valence-electron chi connectivity index (χ3n) is 5.66.